The fraction of sp³-hybridized carbons (Fsp3) is 0. The second-order valence-electron chi connectivity index (χ2n) is 11.0. The van der Waals surface area contributed by atoms with E-state index in [1.807, 2.05) is 0 Å². The molecule has 1 aliphatic rings. The molecule has 0 radical (unpaired) electrons. The Balaban J connectivity index is 1.28. The van der Waals surface area contributed by atoms with Crippen LogP contribution in [-0.2, 0) is 0 Å². The summed E-state index contributed by atoms with van der Waals surface area (Å²) in [7, 11) is 0. The van der Waals surface area contributed by atoms with E-state index in [1.165, 1.54) is 54.8 Å². The highest BCUT2D eigenvalue weighted by molar-refractivity contribution is 6.29. The third-order valence-corrected chi connectivity index (χ3v) is 8.70. The maximum atomic E-state index is 2.44. The number of rotatable bonds is 4. The maximum absolute atomic E-state index is 2.44. The Hall–Kier alpha value is -5.60. The van der Waals surface area contributed by atoms with E-state index in [-0.39, 0.29) is 0 Å². The lowest BCUT2D eigenvalue weighted by Crippen LogP contribution is -2.09. The third kappa shape index (κ3) is 3.27. The predicted molar refractivity (Wildman–Crippen MR) is 177 cm³/mol. The summed E-state index contributed by atoms with van der Waals surface area (Å²) in [6, 6.07) is 57.0. The van der Waals surface area contributed by atoms with E-state index >= 15 is 0 Å². The van der Waals surface area contributed by atoms with Gasteiger partial charge in [-0.2, -0.15) is 0 Å². The monoisotopic (exact) mass is 534 g/mol. The zero-order valence-corrected chi connectivity index (χ0v) is 22.9. The molecule has 42 heavy (non-hydrogen) atoms. The lowest BCUT2D eigenvalue weighted by molar-refractivity contribution is 1.17. The first-order valence-electron chi connectivity index (χ1n) is 14.5. The van der Waals surface area contributed by atoms with Crippen molar-refractivity contribution in [3.63, 3.8) is 0 Å². The highest BCUT2D eigenvalue weighted by Gasteiger charge is 2.25. The highest BCUT2D eigenvalue weighted by atomic mass is 15.1. The van der Waals surface area contributed by atoms with Gasteiger partial charge in [0.15, 0.2) is 0 Å². The summed E-state index contributed by atoms with van der Waals surface area (Å²) in [5.41, 5.74) is 12.3. The van der Waals surface area contributed by atoms with E-state index in [0.29, 0.717) is 0 Å². The van der Waals surface area contributed by atoms with E-state index < -0.39 is 0 Å². The number of aromatic nitrogens is 1. The van der Waals surface area contributed by atoms with Gasteiger partial charge < -0.3 is 9.47 Å². The van der Waals surface area contributed by atoms with Gasteiger partial charge in [0.2, 0.25) is 0 Å². The van der Waals surface area contributed by atoms with Crippen molar-refractivity contribution in [1.29, 1.82) is 0 Å². The van der Waals surface area contributed by atoms with E-state index in [4.69, 9.17) is 0 Å². The Morgan fingerprint density at radius 1 is 0.357 bits per heavy atom. The average molecular weight is 535 g/mol. The Morgan fingerprint density at radius 2 is 0.905 bits per heavy atom. The van der Waals surface area contributed by atoms with Gasteiger partial charge in [0.25, 0.3) is 0 Å². The van der Waals surface area contributed by atoms with E-state index in [2.05, 4.69) is 167 Å². The van der Waals surface area contributed by atoms with Gasteiger partial charge in [0.1, 0.15) is 0 Å². The van der Waals surface area contributed by atoms with Gasteiger partial charge in [0.05, 0.1) is 11.0 Å². The molecule has 0 aliphatic heterocycles. The Labute approximate surface area is 244 Å². The largest absolute Gasteiger partial charge is 0.311 e. The van der Waals surface area contributed by atoms with Crippen molar-refractivity contribution >= 4 is 49.6 Å². The van der Waals surface area contributed by atoms with Gasteiger partial charge in [-0.3, -0.25) is 0 Å². The normalized spacial score (nSPS) is 11.8. The summed E-state index contributed by atoms with van der Waals surface area (Å²) in [6.07, 6.45) is 0. The van der Waals surface area contributed by atoms with Gasteiger partial charge in [-0.15, -0.1) is 0 Å². The maximum Gasteiger partial charge on any atom is 0.0553 e. The molecule has 1 heterocycles. The van der Waals surface area contributed by atoms with Crippen LogP contribution in [0.15, 0.2) is 158 Å². The Kier molecular flexibility index (Phi) is 4.93. The molecule has 0 N–H and O–H groups in total. The standard InChI is InChI=1S/C40H26N2/c1-3-12-27(13-4-1)41(28-14-5-2-6-15-28)29-22-24-30(25-23-29)42-37-21-10-9-18-34(37)40-35-20-11-19-33-31-16-7-8-17-32(31)36(39(33)35)26-38(40)42/h1-26H. The number of nitrogens with zero attached hydrogens (tertiary/aromatic N) is 2. The third-order valence-electron chi connectivity index (χ3n) is 8.70. The topological polar surface area (TPSA) is 8.17 Å². The number of hydrogen-bond donors (Lipinski definition) is 0. The summed E-state index contributed by atoms with van der Waals surface area (Å²) in [4.78, 5) is 2.31. The summed E-state index contributed by atoms with van der Waals surface area (Å²) < 4.78 is 2.44. The molecule has 0 fully saturated rings. The van der Waals surface area contributed by atoms with Crippen LogP contribution < -0.4 is 4.90 Å². The first-order valence-corrected chi connectivity index (χ1v) is 14.5. The van der Waals surface area contributed by atoms with Crippen LogP contribution in [0.2, 0.25) is 0 Å². The minimum absolute atomic E-state index is 1.12. The number of para-hydroxylation sites is 3. The van der Waals surface area contributed by atoms with Crippen molar-refractivity contribution in [1.82, 2.24) is 4.57 Å². The van der Waals surface area contributed by atoms with Crippen molar-refractivity contribution in [2.45, 2.75) is 0 Å². The molecule has 8 aromatic rings. The van der Waals surface area contributed by atoms with Crippen LogP contribution in [0.1, 0.15) is 0 Å². The van der Waals surface area contributed by atoms with Crippen LogP contribution in [0, 0.1) is 0 Å². The molecule has 1 aliphatic carbocycles. The van der Waals surface area contributed by atoms with Gasteiger partial charge in [-0.25, -0.2) is 0 Å². The minimum atomic E-state index is 1.12. The summed E-state index contributed by atoms with van der Waals surface area (Å²) in [5, 5.41) is 5.29. The summed E-state index contributed by atoms with van der Waals surface area (Å²) in [5.74, 6) is 0. The van der Waals surface area contributed by atoms with Crippen LogP contribution >= 0.6 is 0 Å². The van der Waals surface area contributed by atoms with Crippen molar-refractivity contribution in [2.24, 2.45) is 0 Å². The number of fused-ring (bicyclic) bond motifs is 7. The molecule has 9 rings (SSSR count). The lowest BCUT2D eigenvalue weighted by Gasteiger charge is -2.25. The van der Waals surface area contributed by atoms with Gasteiger partial charge in [0, 0.05) is 33.5 Å². The van der Waals surface area contributed by atoms with Crippen molar-refractivity contribution in [3.05, 3.63) is 158 Å². The number of hydrogen-bond acceptors (Lipinski definition) is 1. The van der Waals surface area contributed by atoms with Crippen LogP contribution in [0.25, 0.3) is 60.5 Å². The molecule has 0 bridgehead atoms. The zero-order chi connectivity index (χ0) is 27.6. The summed E-state index contributed by atoms with van der Waals surface area (Å²) >= 11 is 0. The highest BCUT2D eigenvalue weighted by Crippen LogP contribution is 2.51. The molecule has 2 nitrogen and oxygen atoms in total. The molecule has 0 saturated carbocycles. The van der Waals surface area contributed by atoms with E-state index in [0.717, 1.165) is 22.7 Å². The molecular formula is C40H26N2. The Morgan fingerprint density at radius 3 is 1.62 bits per heavy atom. The predicted octanol–water partition coefficient (Wildman–Crippen LogP) is 11.1. The molecule has 0 atom stereocenters. The van der Waals surface area contributed by atoms with Crippen LogP contribution in [0.3, 0.4) is 0 Å². The molecule has 0 unspecified atom stereocenters. The minimum Gasteiger partial charge on any atom is -0.311 e. The average Bonchev–Trinajstić information content (AvgIpc) is 3.57. The molecule has 7 aromatic carbocycles. The van der Waals surface area contributed by atoms with Crippen LogP contribution in [0.5, 0.6) is 0 Å². The van der Waals surface area contributed by atoms with Gasteiger partial charge in [-0.1, -0.05) is 97.1 Å². The smallest absolute Gasteiger partial charge is 0.0553 e. The first kappa shape index (κ1) is 23.1. The fourth-order valence-electron chi connectivity index (χ4n) is 6.96. The Bertz CT molecular complexity index is 2240. The summed E-state index contributed by atoms with van der Waals surface area (Å²) in [6.45, 7) is 0. The number of benzene rings is 7. The molecular weight excluding hydrogens is 508 g/mol. The molecule has 0 amide bonds. The molecule has 196 valence electrons. The zero-order valence-electron chi connectivity index (χ0n) is 22.9. The van der Waals surface area contributed by atoms with E-state index in [9.17, 15) is 0 Å². The quantitative estimate of drug-likeness (QED) is 0.218. The SMILES string of the molecule is c1ccc(N(c2ccccc2)c2ccc(-n3c4ccccc4c4c5cccc6c5c(cc43)-c3ccccc3-6)cc2)cc1. The molecule has 0 spiro atoms. The molecule has 1 aromatic heterocycles. The first-order chi connectivity index (χ1) is 20.9. The van der Waals surface area contributed by atoms with E-state index in [1.54, 1.807) is 0 Å². The van der Waals surface area contributed by atoms with Gasteiger partial charge >= 0.3 is 0 Å². The lowest BCUT2D eigenvalue weighted by atomic mass is 9.98. The van der Waals surface area contributed by atoms with Crippen LogP contribution in [0.4, 0.5) is 17.1 Å². The second kappa shape index (κ2) is 8.95. The van der Waals surface area contributed by atoms with Crippen molar-refractivity contribution in [3.8, 4) is 27.9 Å². The molecule has 2 heteroatoms. The second-order valence-corrected chi connectivity index (χ2v) is 11.0. The van der Waals surface area contributed by atoms with Crippen LogP contribution in [-0.4, -0.2) is 4.57 Å². The molecule has 0 saturated heterocycles. The van der Waals surface area contributed by atoms with Crippen molar-refractivity contribution < 1.29 is 0 Å². The van der Waals surface area contributed by atoms with Crippen molar-refractivity contribution in [2.75, 3.05) is 4.90 Å². The fourth-order valence-corrected chi connectivity index (χ4v) is 6.96. The van der Waals surface area contributed by atoms with Gasteiger partial charge in [-0.05, 0) is 93.7 Å². The number of anilines is 3.